The number of anilines is 1. The van der Waals surface area contributed by atoms with E-state index in [9.17, 15) is 4.79 Å². The van der Waals surface area contributed by atoms with Gasteiger partial charge in [-0.1, -0.05) is 23.7 Å². The van der Waals surface area contributed by atoms with Crippen LogP contribution < -0.4 is 11.4 Å². The maximum Gasteiger partial charge on any atom is 0.349 e. The zero-order valence-corrected chi connectivity index (χ0v) is 9.25. The maximum absolute atomic E-state index is 11.2. The highest BCUT2D eigenvalue weighted by Gasteiger charge is 2.08. The fraction of sp³-hybridized carbons (Fsp3) is 0.100. The second-order valence-corrected chi connectivity index (χ2v) is 3.67. The molecule has 5 nitrogen and oxygen atoms in total. The van der Waals surface area contributed by atoms with E-state index in [0.717, 1.165) is 5.56 Å². The van der Waals surface area contributed by atoms with E-state index in [4.69, 9.17) is 17.3 Å². The fourth-order valence-corrected chi connectivity index (χ4v) is 1.57. The molecule has 0 bridgehead atoms. The van der Waals surface area contributed by atoms with Crippen molar-refractivity contribution in [1.82, 2.24) is 15.0 Å². The molecule has 1 aromatic carbocycles. The van der Waals surface area contributed by atoms with E-state index in [1.807, 2.05) is 19.1 Å². The first-order chi connectivity index (χ1) is 7.58. The minimum Gasteiger partial charge on any atom is -0.368 e. The van der Waals surface area contributed by atoms with Gasteiger partial charge in [-0.3, -0.25) is 4.98 Å². The monoisotopic (exact) mass is 236 g/mol. The van der Waals surface area contributed by atoms with Gasteiger partial charge in [0.15, 0.2) is 0 Å². The number of halogens is 1. The molecule has 0 aliphatic rings. The minimum atomic E-state index is -0.542. The van der Waals surface area contributed by atoms with Crippen molar-refractivity contribution in [2.24, 2.45) is 0 Å². The maximum atomic E-state index is 11.2. The molecule has 0 amide bonds. The molecule has 1 aromatic heterocycles. The fourth-order valence-electron chi connectivity index (χ4n) is 1.36. The molecule has 2 aromatic rings. The lowest BCUT2D eigenvalue weighted by atomic mass is 10.1. The third-order valence-electron chi connectivity index (χ3n) is 2.11. The van der Waals surface area contributed by atoms with Gasteiger partial charge in [0.1, 0.15) is 5.82 Å². The molecule has 0 atom stereocenters. The normalized spacial score (nSPS) is 10.4. The molecular weight excluding hydrogens is 228 g/mol. The van der Waals surface area contributed by atoms with Gasteiger partial charge in [0.05, 0.1) is 5.02 Å². The molecule has 0 radical (unpaired) electrons. The highest BCUT2D eigenvalue weighted by molar-refractivity contribution is 6.33. The van der Waals surface area contributed by atoms with E-state index >= 15 is 0 Å². The van der Waals surface area contributed by atoms with E-state index in [-0.39, 0.29) is 5.95 Å². The summed E-state index contributed by atoms with van der Waals surface area (Å²) in [6.45, 7) is 1.87. The molecule has 2 rings (SSSR count). The van der Waals surface area contributed by atoms with Crippen LogP contribution in [0.15, 0.2) is 23.0 Å². The first kappa shape index (κ1) is 10.6. The van der Waals surface area contributed by atoms with Crippen molar-refractivity contribution in [2.45, 2.75) is 6.92 Å². The van der Waals surface area contributed by atoms with Crippen LogP contribution in [0.2, 0.25) is 5.02 Å². The molecule has 0 fully saturated rings. The number of hydrogen-bond acceptors (Lipinski definition) is 4. The summed E-state index contributed by atoms with van der Waals surface area (Å²) in [4.78, 5) is 21.0. The summed E-state index contributed by atoms with van der Waals surface area (Å²) < 4.78 is 0. The largest absolute Gasteiger partial charge is 0.368 e. The molecule has 82 valence electrons. The van der Waals surface area contributed by atoms with Gasteiger partial charge in [-0.05, 0) is 18.6 Å². The Morgan fingerprint density at radius 2 is 2.12 bits per heavy atom. The number of nitrogens with one attached hydrogen (secondary N) is 1. The van der Waals surface area contributed by atoms with E-state index in [2.05, 4.69) is 15.0 Å². The number of nitrogens with zero attached hydrogens (tertiary/aromatic N) is 2. The van der Waals surface area contributed by atoms with Crippen molar-refractivity contribution in [3.05, 3.63) is 39.3 Å². The summed E-state index contributed by atoms with van der Waals surface area (Å²) in [6.07, 6.45) is 0. The van der Waals surface area contributed by atoms with Crippen LogP contribution in [-0.2, 0) is 0 Å². The van der Waals surface area contributed by atoms with Gasteiger partial charge in [-0.15, -0.1) is 0 Å². The molecule has 1 heterocycles. The van der Waals surface area contributed by atoms with Crippen LogP contribution in [0.4, 0.5) is 5.95 Å². The Morgan fingerprint density at radius 3 is 2.81 bits per heavy atom. The summed E-state index contributed by atoms with van der Waals surface area (Å²) in [5, 5.41) is 0.538. The molecule has 0 aliphatic heterocycles. The molecule has 0 aliphatic carbocycles. The summed E-state index contributed by atoms with van der Waals surface area (Å²) in [5.74, 6) is 0.252. The third-order valence-corrected chi connectivity index (χ3v) is 2.62. The van der Waals surface area contributed by atoms with Crippen LogP contribution in [0.3, 0.4) is 0 Å². The lowest BCUT2D eigenvalue weighted by Crippen LogP contribution is -2.15. The van der Waals surface area contributed by atoms with Gasteiger partial charge in [0.2, 0.25) is 5.95 Å². The van der Waals surface area contributed by atoms with Crippen LogP contribution in [0, 0.1) is 6.92 Å². The van der Waals surface area contributed by atoms with Crippen LogP contribution in [0.5, 0.6) is 0 Å². The molecule has 0 spiro atoms. The number of aryl methyl sites for hydroxylation is 1. The standard InChI is InChI=1S/C10H9ClN4O/c1-5-3-2-4-6(7(5)11)8-13-9(12)15-10(16)14-8/h2-4H,1H3,(H3,12,13,14,15,16). The van der Waals surface area contributed by atoms with Gasteiger partial charge >= 0.3 is 5.69 Å². The molecule has 3 N–H and O–H groups in total. The molecule has 0 unspecified atom stereocenters. The number of rotatable bonds is 1. The number of nitrogens with two attached hydrogens (primary N) is 1. The highest BCUT2D eigenvalue weighted by Crippen LogP contribution is 2.27. The Balaban J connectivity index is 2.67. The second-order valence-electron chi connectivity index (χ2n) is 3.30. The summed E-state index contributed by atoms with van der Waals surface area (Å²) in [6, 6.07) is 5.45. The van der Waals surface area contributed by atoms with Crippen LogP contribution in [0.1, 0.15) is 5.56 Å². The van der Waals surface area contributed by atoms with E-state index < -0.39 is 5.69 Å². The molecular formula is C10H9ClN4O. The summed E-state index contributed by atoms with van der Waals surface area (Å²) in [7, 11) is 0. The van der Waals surface area contributed by atoms with Crippen molar-refractivity contribution in [3.8, 4) is 11.4 Å². The van der Waals surface area contributed by atoms with Gasteiger partial charge in [-0.25, -0.2) is 4.79 Å². The van der Waals surface area contributed by atoms with Crippen molar-refractivity contribution in [2.75, 3.05) is 5.73 Å². The average Bonchev–Trinajstić information content (AvgIpc) is 2.20. The Labute approximate surface area is 96.3 Å². The lowest BCUT2D eigenvalue weighted by Gasteiger charge is -2.05. The lowest BCUT2D eigenvalue weighted by molar-refractivity contribution is 1.01. The Morgan fingerprint density at radius 1 is 1.38 bits per heavy atom. The smallest absolute Gasteiger partial charge is 0.349 e. The van der Waals surface area contributed by atoms with Crippen molar-refractivity contribution >= 4 is 17.5 Å². The number of hydrogen-bond donors (Lipinski definition) is 2. The van der Waals surface area contributed by atoms with Crippen molar-refractivity contribution in [1.29, 1.82) is 0 Å². The van der Waals surface area contributed by atoms with Crippen LogP contribution in [-0.4, -0.2) is 15.0 Å². The molecule has 0 saturated heterocycles. The predicted molar refractivity (Wildman–Crippen MR) is 62.2 cm³/mol. The van der Waals surface area contributed by atoms with E-state index in [0.29, 0.717) is 16.4 Å². The first-order valence-corrected chi connectivity index (χ1v) is 4.95. The summed E-state index contributed by atoms with van der Waals surface area (Å²) >= 11 is 6.11. The predicted octanol–water partition coefficient (Wildman–Crippen LogP) is 1.38. The number of benzene rings is 1. The van der Waals surface area contributed by atoms with Gasteiger partial charge < -0.3 is 5.73 Å². The number of H-pyrrole nitrogens is 1. The average molecular weight is 237 g/mol. The third kappa shape index (κ3) is 1.90. The first-order valence-electron chi connectivity index (χ1n) is 4.57. The Bertz CT molecular complexity index is 594. The Kier molecular flexibility index (Phi) is 2.62. The number of aromatic amines is 1. The topological polar surface area (TPSA) is 84.7 Å². The molecule has 0 saturated carbocycles. The van der Waals surface area contributed by atoms with Crippen molar-refractivity contribution in [3.63, 3.8) is 0 Å². The number of nitrogen functional groups attached to an aromatic ring is 1. The second kappa shape index (κ2) is 3.94. The van der Waals surface area contributed by atoms with Crippen LogP contribution in [0.25, 0.3) is 11.4 Å². The van der Waals surface area contributed by atoms with Crippen molar-refractivity contribution < 1.29 is 0 Å². The molecule has 6 heteroatoms. The van der Waals surface area contributed by atoms with E-state index in [1.165, 1.54) is 0 Å². The summed E-state index contributed by atoms with van der Waals surface area (Å²) in [5.41, 5.74) is 6.39. The zero-order valence-electron chi connectivity index (χ0n) is 8.49. The molecule has 16 heavy (non-hydrogen) atoms. The minimum absolute atomic E-state index is 0.0728. The quantitative estimate of drug-likeness (QED) is 0.783. The van der Waals surface area contributed by atoms with E-state index in [1.54, 1.807) is 6.07 Å². The SMILES string of the molecule is Cc1cccc(-c2nc(N)nc(=O)[nH]2)c1Cl. The number of aromatic nitrogens is 3. The van der Waals surface area contributed by atoms with Crippen LogP contribution >= 0.6 is 11.6 Å². The van der Waals surface area contributed by atoms with Gasteiger partial charge in [0.25, 0.3) is 0 Å². The van der Waals surface area contributed by atoms with Gasteiger partial charge in [0, 0.05) is 5.56 Å². The Hall–Kier alpha value is -1.88. The highest BCUT2D eigenvalue weighted by atomic mass is 35.5. The zero-order chi connectivity index (χ0) is 11.7. The van der Waals surface area contributed by atoms with Gasteiger partial charge in [-0.2, -0.15) is 9.97 Å².